The third-order valence-corrected chi connectivity index (χ3v) is 4.24. The second-order valence-corrected chi connectivity index (χ2v) is 5.81. The van der Waals surface area contributed by atoms with Crippen LogP contribution in [0.15, 0.2) is 12.1 Å². The van der Waals surface area contributed by atoms with E-state index in [1.54, 1.807) is 6.07 Å². The third kappa shape index (κ3) is 2.63. The summed E-state index contributed by atoms with van der Waals surface area (Å²) in [6.45, 7) is 3.18. The van der Waals surface area contributed by atoms with Crippen LogP contribution in [-0.4, -0.2) is 17.4 Å². The van der Waals surface area contributed by atoms with E-state index in [-0.39, 0.29) is 18.1 Å². The Hall–Kier alpha value is -1.42. The van der Waals surface area contributed by atoms with Gasteiger partial charge in [0.15, 0.2) is 11.5 Å². The van der Waals surface area contributed by atoms with Crippen LogP contribution in [0.3, 0.4) is 0 Å². The molecule has 0 spiro atoms. The molecule has 0 bridgehead atoms. The van der Waals surface area contributed by atoms with E-state index in [2.05, 4.69) is 12.2 Å². The average Bonchev–Trinajstić information content (AvgIpc) is 2.84. The molecule has 4 heteroatoms. The number of rotatable bonds is 3. The van der Waals surface area contributed by atoms with Crippen molar-refractivity contribution in [3.63, 3.8) is 0 Å². The molecular weight excluding hydrogens is 242 g/mol. The van der Waals surface area contributed by atoms with E-state index in [1.165, 1.54) is 32.1 Å². The molecule has 1 saturated carbocycles. The van der Waals surface area contributed by atoms with Crippen LogP contribution in [0.2, 0.25) is 0 Å². The van der Waals surface area contributed by atoms with Gasteiger partial charge in [0.05, 0.1) is 0 Å². The number of phenols is 1. The van der Waals surface area contributed by atoms with Crippen molar-refractivity contribution in [2.24, 2.45) is 0 Å². The summed E-state index contributed by atoms with van der Waals surface area (Å²) in [6.07, 6.45) is 6.33. The second kappa shape index (κ2) is 4.93. The number of benzene rings is 1. The van der Waals surface area contributed by atoms with Crippen molar-refractivity contribution in [1.82, 2.24) is 5.32 Å². The lowest BCUT2D eigenvalue weighted by atomic mass is 9.83. The minimum atomic E-state index is 0.195. The molecular formula is C15H21NO3. The Morgan fingerprint density at radius 3 is 2.58 bits per heavy atom. The predicted molar refractivity (Wildman–Crippen MR) is 72.6 cm³/mol. The molecule has 1 aromatic rings. The van der Waals surface area contributed by atoms with Gasteiger partial charge in [-0.2, -0.15) is 0 Å². The van der Waals surface area contributed by atoms with Crippen LogP contribution < -0.4 is 14.8 Å². The average molecular weight is 263 g/mol. The molecule has 0 radical (unpaired) electrons. The highest BCUT2D eigenvalue weighted by Gasteiger charge is 2.26. The quantitative estimate of drug-likeness (QED) is 0.880. The van der Waals surface area contributed by atoms with Gasteiger partial charge in [0, 0.05) is 23.7 Å². The summed E-state index contributed by atoms with van der Waals surface area (Å²) in [5, 5.41) is 13.6. The second-order valence-electron chi connectivity index (χ2n) is 5.81. The highest BCUT2D eigenvalue weighted by Crippen LogP contribution is 2.38. The number of nitrogens with one attached hydrogen (secondary N) is 1. The molecule has 2 N–H and O–H groups in total. The van der Waals surface area contributed by atoms with Crippen LogP contribution in [0, 0.1) is 0 Å². The van der Waals surface area contributed by atoms with Gasteiger partial charge in [-0.3, -0.25) is 0 Å². The molecule has 2 aliphatic rings. The predicted octanol–water partition coefficient (Wildman–Crippen LogP) is 2.93. The first kappa shape index (κ1) is 12.6. The zero-order valence-corrected chi connectivity index (χ0v) is 11.4. The number of phenolic OH excluding ortho intramolecular Hbond substituents is 1. The third-order valence-electron chi connectivity index (χ3n) is 4.24. The molecule has 1 aromatic carbocycles. The molecule has 19 heavy (non-hydrogen) atoms. The van der Waals surface area contributed by atoms with Gasteiger partial charge in [-0.05, 0) is 25.8 Å². The summed E-state index contributed by atoms with van der Waals surface area (Å²) in [7, 11) is 0. The topological polar surface area (TPSA) is 50.7 Å². The van der Waals surface area contributed by atoms with Gasteiger partial charge < -0.3 is 19.9 Å². The molecule has 0 unspecified atom stereocenters. The van der Waals surface area contributed by atoms with Gasteiger partial charge in [-0.15, -0.1) is 0 Å². The van der Waals surface area contributed by atoms with Crippen LogP contribution in [0.25, 0.3) is 0 Å². The van der Waals surface area contributed by atoms with Crippen molar-refractivity contribution in [2.75, 3.05) is 6.79 Å². The van der Waals surface area contributed by atoms with Crippen molar-refractivity contribution < 1.29 is 14.6 Å². The van der Waals surface area contributed by atoms with Gasteiger partial charge in [0.2, 0.25) is 6.79 Å². The molecule has 1 aliphatic carbocycles. The number of hydrogen-bond acceptors (Lipinski definition) is 4. The Balaban J connectivity index is 1.69. The maximum atomic E-state index is 10.0. The van der Waals surface area contributed by atoms with Crippen LogP contribution >= 0.6 is 0 Å². The van der Waals surface area contributed by atoms with Crippen molar-refractivity contribution in [2.45, 2.75) is 51.1 Å². The first-order chi connectivity index (χ1) is 9.16. The summed E-state index contributed by atoms with van der Waals surface area (Å²) in [5.41, 5.74) is 1.07. The molecule has 3 rings (SSSR count). The maximum absolute atomic E-state index is 10.0. The van der Waals surface area contributed by atoms with E-state index in [1.807, 2.05) is 6.07 Å². The molecule has 1 aliphatic heterocycles. The Morgan fingerprint density at radius 1 is 1.16 bits per heavy atom. The summed E-state index contributed by atoms with van der Waals surface area (Å²) in [4.78, 5) is 0. The van der Waals surface area contributed by atoms with Crippen LogP contribution in [-0.2, 0) is 6.54 Å². The van der Waals surface area contributed by atoms with Gasteiger partial charge in [0.1, 0.15) is 5.75 Å². The number of ether oxygens (including phenoxy) is 2. The van der Waals surface area contributed by atoms with E-state index in [9.17, 15) is 5.11 Å². The van der Waals surface area contributed by atoms with Crippen molar-refractivity contribution >= 4 is 0 Å². The van der Waals surface area contributed by atoms with Crippen LogP contribution in [0.4, 0.5) is 0 Å². The van der Waals surface area contributed by atoms with Crippen LogP contribution in [0.1, 0.15) is 44.6 Å². The first-order valence-electron chi connectivity index (χ1n) is 7.03. The molecule has 1 heterocycles. The molecule has 0 amide bonds. The highest BCUT2D eigenvalue weighted by atomic mass is 16.7. The Morgan fingerprint density at radius 2 is 1.84 bits per heavy atom. The summed E-state index contributed by atoms with van der Waals surface area (Å²) in [5.74, 6) is 1.63. The first-order valence-corrected chi connectivity index (χ1v) is 7.03. The van der Waals surface area contributed by atoms with Crippen molar-refractivity contribution in [3.05, 3.63) is 17.7 Å². The normalized spacial score (nSPS) is 20.5. The molecule has 104 valence electrons. The smallest absolute Gasteiger partial charge is 0.231 e. The van der Waals surface area contributed by atoms with E-state index in [0.717, 1.165) is 11.3 Å². The lowest BCUT2D eigenvalue weighted by Gasteiger charge is -2.35. The maximum Gasteiger partial charge on any atom is 0.231 e. The molecule has 0 atom stereocenters. The van der Waals surface area contributed by atoms with Crippen molar-refractivity contribution in [1.29, 1.82) is 0 Å². The zero-order chi connectivity index (χ0) is 13.3. The van der Waals surface area contributed by atoms with E-state index >= 15 is 0 Å². The summed E-state index contributed by atoms with van der Waals surface area (Å²) >= 11 is 0. The zero-order valence-electron chi connectivity index (χ0n) is 11.4. The Labute approximate surface area is 113 Å². The molecule has 0 saturated heterocycles. The summed E-state index contributed by atoms with van der Waals surface area (Å²) < 4.78 is 10.6. The minimum absolute atomic E-state index is 0.195. The van der Waals surface area contributed by atoms with Gasteiger partial charge in [-0.25, -0.2) is 0 Å². The fourth-order valence-electron chi connectivity index (χ4n) is 2.93. The van der Waals surface area contributed by atoms with Gasteiger partial charge in [0.25, 0.3) is 0 Å². The molecule has 0 aromatic heterocycles. The van der Waals surface area contributed by atoms with E-state index < -0.39 is 0 Å². The fraction of sp³-hybridized carbons (Fsp3) is 0.600. The highest BCUT2D eigenvalue weighted by molar-refractivity contribution is 5.51. The number of fused-ring (bicyclic) bond motifs is 1. The number of aromatic hydroxyl groups is 1. The fourth-order valence-corrected chi connectivity index (χ4v) is 2.93. The van der Waals surface area contributed by atoms with Gasteiger partial charge >= 0.3 is 0 Å². The molecule has 1 fully saturated rings. The largest absolute Gasteiger partial charge is 0.507 e. The molecule has 4 nitrogen and oxygen atoms in total. The minimum Gasteiger partial charge on any atom is -0.507 e. The van der Waals surface area contributed by atoms with Gasteiger partial charge in [-0.1, -0.05) is 19.3 Å². The monoisotopic (exact) mass is 263 g/mol. The number of hydrogen-bond donors (Lipinski definition) is 2. The van der Waals surface area contributed by atoms with E-state index in [4.69, 9.17) is 9.47 Å². The summed E-state index contributed by atoms with van der Waals surface area (Å²) in [6, 6.07) is 3.51. The SMILES string of the molecule is CC1(NCc2cc3c(cc2O)OCO3)CCCCC1. The van der Waals surface area contributed by atoms with E-state index in [0.29, 0.717) is 12.3 Å². The lowest BCUT2D eigenvalue weighted by molar-refractivity contribution is 0.174. The lowest BCUT2D eigenvalue weighted by Crippen LogP contribution is -2.43. The standard InChI is InChI=1S/C15H21NO3/c1-15(5-3-2-4-6-15)16-9-11-7-13-14(8-12(11)17)19-10-18-13/h7-8,16-17H,2-6,9-10H2,1H3. The van der Waals surface area contributed by atoms with Crippen molar-refractivity contribution in [3.8, 4) is 17.2 Å². The van der Waals surface area contributed by atoms with Crippen LogP contribution in [0.5, 0.6) is 17.2 Å². The Bertz CT molecular complexity index is 467. The Kier molecular flexibility index (Phi) is 3.27.